The number of halogens is 13. The maximum absolute atomic E-state index is 13.2. The molecule has 44 heavy (non-hydrogen) atoms. The van der Waals surface area contributed by atoms with E-state index in [0.29, 0.717) is 12.1 Å². The zero-order valence-electron chi connectivity index (χ0n) is 21.9. The van der Waals surface area contributed by atoms with Gasteiger partial charge in [-0.25, -0.2) is 0 Å². The number of nitrogens with zero attached hydrogens (tertiary/aromatic N) is 1. The summed E-state index contributed by atoms with van der Waals surface area (Å²) in [6.07, 6.45) is -23.8. The normalized spacial score (nSPS) is 13.7. The predicted molar refractivity (Wildman–Crippen MR) is 132 cm³/mol. The van der Waals surface area contributed by atoms with Crippen LogP contribution in [0.15, 0.2) is 66.7 Å². The average molecular weight is 655 g/mol. The van der Waals surface area contributed by atoms with E-state index in [4.69, 9.17) is 4.74 Å². The number of fused-ring (bicyclic) bond motifs is 1. The Morgan fingerprint density at radius 1 is 0.750 bits per heavy atom. The van der Waals surface area contributed by atoms with E-state index >= 15 is 0 Å². The van der Waals surface area contributed by atoms with Crippen LogP contribution in [-0.2, 0) is 12.4 Å². The fraction of sp³-hybridized carbons (Fsp3) is 0.333. The van der Waals surface area contributed by atoms with Gasteiger partial charge in [0.25, 0.3) is 0 Å². The first-order valence-electron chi connectivity index (χ1n) is 12.1. The number of alkyl halides is 13. The lowest BCUT2D eigenvalue weighted by Gasteiger charge is -2.33. The van der Waals surface area contributed by atoms with E-state index in [-0.39, 0.29) is 47.4 Å². The van der Waals surface area contributed by atoms with Gasteiger partial charge in [-0.3, -0.25) is 0 Å². The molecule has 17 heteroatoms. The highest BCUT2D eigenvalue weighted by molar-refractivity contribution is 5.80. The van der Waals surface area contributed by atoms with Crippen molar-refractivity contribution in [1.82, 2.24) is 0 Å². The Balaban J connectivity index is 0.000000406. The molecular formula is C27H22F13NO3. The lowest BCUT2D eigenvalue weighted by atomic mass is 9.97. The minimum Gasteiger partial charge on any atom is -0.489 e. The summed E-state index contributed by atoms with van der Waals surface area (Å²) in [7, 11) is 0. The number of benzene rings is 3. The van der Waals surface area contributed by atoms with Crippen LogP contribution >= 0.6 is 0 Å². The lowest BCUT2D eigenvalue weighted by Crippen LogP contribution is -2.35. The van der Waals surface area contributed by atoms with Gasteiger partial charge in [0.2, 0.25) is 0 Å². The van der Waals surface area contributed by atoms with Crippen molar-refractivity contribution in [3.05, 3.63) is 77.9 Å². The summed E-state index contributed by atoms with van der Waals surface area (Å²) in [4.78, 5) is 1.34. The van der Waals surface area contributed by atoms with Crippen molar-refractivity contribution < 1.29 is 72.0 Å². The summed E-state index contributed by atoms with van der Waals surface area (Å²) in [6, 6.07) is 11.9. The summed E-state index contributed by atoms with van der Waals surface area (Å²) in [5.74, 6) is -0.342. The van der Waals surface area contributed by atoms with Crippen LogP contribution in [0.25, 0.3) is 11.1 Å². The fourth-order valence-electron chi connectivity index (χ4n) is 3.83. The van der Waals surface area contributed by atoms with E-state index in [2.05, 4.69) is 4.74 Å². The maximum atomic E-state index is 13.2. The van der Waals surface area contributed by atoms with Gasteiger partial charge in [-0.15, -0.1) is 0 Å². The minimum absolute atomic E-state index is 0. The van der Waals surface area contributed by atoms with Crippen molar-refractivity contribution in [2.45, 2.75) is 37.5 Å². The third-order valence-electron chi connectivity index (χ3n) is 5.76. The second-order valence-corrected chi connectivity index (χ2v) is 8.93. The summed E-state index contributed by atoms with van der Waals surface area (Å²) >= 11 is 0. The molecule has 1 aliphatic heterocycles. The monoisotopic (exact) mass is 655 g/mol. The van der Waals surface area contributed by atoms with Gasteiger partial charge in [0.1, 0.15) is 18.1 Å². The highest BCUT2D eigenvalue weighted by atomic mass is 19.4. The second-order valence-electron chi connectivity index (χ2n) is 8.93. The minimum atomic E-state index is -5.02. The van der Waals surface area contributed by atoms with Crippen molar-refractivity contribution >= 4 is 5.69 Å². The molecule has 0 aromatic heterocycles. The van der Waals surface area contributed by atoms with E-state index in [0.717, 1.165) is 0 Å². The molecule has 1 heterocycles. The van der Waals surface area contributed by atoms with E-state index < -0.39 is 60.7 Å². The molecule has 0 saturated carbocycles. The Labute approximate surface area is 240 Å². The van der Waals surface area contributed by atoms with Crippen LogP contribution in [0.5, 0.6) is 11.5 Å². The number of para-hydroxylation sites is 2. The molecule has 2 N–H and O–H groups in total. The van der Waals surface area contributed by atoms with Crippen molar-refractivity contribution in [2.75, 3.05) is 24.6 Å². The third-order valence-corrected chi connectivity index (χ3v) is 5.76. The second kappa shape index (κ2) is 13.8. The molecule has 1 aliphatic rings. The first kappa shape index (κ1) is 36.3. The largest absolute Gasteiger partial charge is 0.489 e. The van der Waals surface area contributed by atoms with Gasteiger partial charge in [0.05, 0.1) is 29.8 Å². The van der Waals surface area contributed by atoms with E-state index in [1.807, 2.05) is 0 Å². The Hall–Kier alpha value is -3.89. The highest BCUT2D eigenvalue weighted by Crippen LogP contribution is 2.44. The van der Waals surface area contributed by atoms with Crippen LogP contribution < -0.4 is 14.4 Å². The lowest BCUT2D eigenvalue weighted by molar-refractivity contribution is -0.253. The van der Waals surface area contributed by atoms with Crippen LogP contribution in [-0.4, -0.2) is 43.9 Å². The molecule has 0 amide bonds. The Morgan fingerprint density at radius 2 is 1.32 bits per heavy atom. The van der Waals surface area contributed by atoms with Crippen LogP contribution in [0.1, 0.15) is 17.5 Å². The van der Waals surface area contributed by atoms with Gasteiger partial charge in [0.15, 0.2) is 0 Å². The zero-order chi connectivity index (χ0) is 32.2. The molecule has 0 fully saturated rings. The van der Waals surface area contributed by atoms with Gasteiger partial charge < -0.3 is 19.8 Å². The number of hydrogen-bond acceptors (Lipinski definition) is 3. The number of rotatable bonds is 6. The van der Waals surface area contributed by atoms with E-state index in [1.165, 1.54) is 47.4 Å². The maximum Gasteiger partial charge on any atom is 0.461 e. The number of hydrogen-bond donors (Lipinski definition) is 0. The molecule has 0 radical (unpaired) electrons. The quantitative estimate of drug-likeness (QED) is 0.250. The summed E-state index contributed by atoms with van der Waals surface area (Å²) < 4.78 is 174. The predicted octanol–water partition coefficient (Wildman–Crippen LogP) is 8.64. The van der Waals surface area contributed by atoms with Crippen molar-refractivity contribution in [2.24, 2.45) is 0 Å². The van der Waals surface area contributed by atoms with Gasteiger partial charge in [-0.1, -0.05) is 30.3 Å². The van der Waals surface area contributed by atoms with Crippen LogP contribution in [0, 0.1) is 0 Å². The molecule has 0 bridgehead atoms. The standard InChI is InChI=1S/C19H14F9NO.C8H6F4O.H2O/c20-17(21,22)4-5-29-6-7-30-16-14(2-1-3-15(16)29)11-8-12(18(23,24)25)10-13(9-11)19(26,27)28;9-7(10)8(11,12)13-6-4-2-1-3-5-6;/h1-3,8-10H,4-7H2;1-5,7H;1H2. The molecule has 4 rings (SSSR count). The first-order chi connectivity index (χ1) is 19.8. The molecule has 0 unspecified atom stereocenters. The summed E-state index contributed by atoms with van der Waals surface area (Å²) in [6.45, 7) is -0.379. The number of anilines is 1. The third kappa shape index (κ3) is 9.82. The topological polar surface area (TPSA) is 53.2 Å². The van der Waals surface area contributed by atoms with Gasteiger partial charge in [-0.05, 0) is 42.0 Å². The van der Waals surface area contributed by atoms with E-state index in [9.17, 15) is 57.1 Å². The van der Waals surface area contributed by atoms with Gasteiger partial charge in [0, 0.05) is 12.1 Å². The summed E-state index contributed by atoms with van der Waals surface area (Å²) in [5, 5.41) is 0. The van der Waals surface area contributed by atoms with Crippen LogP contribution in [0.3, 0.4) is 0 Å². The molecular weight excluding hydrogens is 633 g/mol. The molecule has 0 aliphatic carbocycles. The molecule has 4 nitrogen and oxygen atoms in total. The Kier molecular flexibility index (Phi) is 11.4. The Bertz CT molecular complexity index is 1330. The molecule has 3 aromatic rings. The van der Waals surface area contributed by atoms with Gasteiger partial charge >= 0.3 is 31.1 Å². The van der Waals surface area contributed by atoms with Crippen LogP contribution in [0.2, 0.25) is 0 Å². The summed E-state index contributed by atoms with van der Waals surface area (Å²) in [5.41, 5.74) is -3.27. The fourth-order valence-corrected chi connectivity index (χ4v) is 3.83. The molecule has 0 saturated heterocycles. The molecule has 0 atom stereocenters. The van der Waals surface area contributed by atoms with Gasteiger partial charge in [-0.2, -0.15) is 57.1 Å². The highest BCUT2D eigenvalue weighted by Gasteiger charge is 2.44. The van der Waals surface area contributed by atoms with Crippen molar-refractivity contribution in [1.29, 1.82) is 0 Å². The first-order valence-corrected chi connectivity index (χ1v) is 12.1. The van der Waals surface area contributed by atoms with E-state index in [1.54, 1.807) is 6.07 Å². The molecule has 0 spiro atoms. The van der Waals surface area contributed by atoms with Crippen LogP contribution in [0.4, 0.5) is 62.8 Å². The smallest absolute Gasteiger partial charge is 0.461 e. The zero-order valence-corrected chi connectivity index (χ0v) is 21.9. The SMILES string of the molecule is FC(F)(F)CCN1CCOc2c(-c3cc(C(F)(F)F)cc(C(F)(F)F)c3)cccc21.FC(F)C(F)(F)Oc1ccccc1.O. The van der Waals surface area contributed by atoms with Crippen molar-refractivity contribution in [3.63, 3.8) is 0 Å². The van der Waals surface area contributed by atoms with Crippen molar-refractivity contribution in [3.8, 4) is 22.6 Å². The Morgan fingerprint density at radius 3 is 1.82 bits per heavy atom. The molecule has 244 valence electrons. The number of ether oxygens (including phenoxy) is 2. The average Bonchev–Trinajstić information content (AvgIpc) is 2.90. The molecule has 3 aromatic carbocycles.